The van der Waals surface area contributed by atoms with E-state index in [1.165, 1.54) is 11.1 Å². The van der Waals surface area contributed by atoms with Crippen LogP contribution in [0.3, 0.4) is 0 Å². The fraction of sp³-hybridized carbons (Fsp3) is 0.190. The van der Waals surface area contributed by atoms with Crippen LogP contribution in [0.25, 0.3) is 22.6 Å². The van der Waals surface area contributed by atoms with Gasteiger partial charge in [-0.15, -0.1) is 0 Å². The maximum atomic E-state index is 9.73. The predicted molar refractivity (Wildman–Crippen MR) is 92.1 cm³/mol. The lowest BCUT2D eigenvalue weighted by Gasteiger charge is -2.17. The molecule has 0 fully saturated rings. The summed E-state index contributed by atoms with van der Waals surface area (Å²) in [5, 5.41) is 19.5. The van der Waals surface area contributed by atoms with Crippen molar-refractivity contribution in [1.82, 2.24) is 0 Å². The molecular formula is C21H17O3+. The molecule has 0 amide bonds. The number of hydrogen-bond donors (Lipinski definition) is 2. The average molecular weight is 317 g/mol. The van der Waals surface area contributed by atoms with Crippen LogP contribution < -0.4 is 0 Å². The van der Waals surface area contributed by atoms with Gasteiger partial charge in [0.2, 0.25) is 0 Å². The predicted octanol–water partition coefficient (Wildman–Crippen LogP) is 4.50. The molecule has 3 heteroatoms. The van der Waals surface area contributed by atoms with E-state index in [0.717, 1.165) is 59.5 Å². The van der Waals surface area contributed by atoms with Crippen molar-refractivity contribution in [3.63, 3.8) is 0 Å². The standard InChI is InChI=1S/C21H16O3/c22-16-5-7-18-12(10-16)1-3-14-9-15-4-2-13-11-17(23)6-8-19(13)21(15)24-20(14)18/h5-11H,1-4H2,(H-,22,23)/p+1. The number of fused-ring (bicyclic) bond motifs is 6. The van der Waals surface area contributed by atoms with Gasteiger partial charge in [-0.3, -0.25) is 0 Å². The van der Waals surface area contributed by atoms with Crippen molar-refractivity contribution >= 4 is 0 Å². The Morgan fingerprint density at radius 2 is 1.04 bits per heavy atom. The van der Waals surface area contributed by atoms with Gasteiger partial charge in [0.15, 0.2) is 0 Å². The molecule has 0 spiro atoms. The molecule has 0 saturated heterocycles. The van der Waals surface area contributed by atoms with Gasteiger partial charge in [-0.1, -0.05) is 0 Å². The van der Waals surface area contributed by atoms with Crippen LogP contribution in [-0.2, 0) is 25.7 Å². The quantitative estimate of drug-likeness (QED) is 0.600. The molecule has 5 rings (SSSR count). The van der Waals surface area contributed by atoms with Crippen LogP contribution in [0.2, 0.25) is 0 Å². The molecule has 118 valence electrons. The van der Waals surface area contributed by atoms with Crippen molar-refractivity contribution in [2.24, 2.45) is 0 Å². The molecule has 0 saturated carbocycles. The maximum Gasteiger partial charge on any atom is 0.364 e. The zero-order valence-electron chi connectivity index (χ0n) is 13.2. The van der Waals surface area contributed by atoms with E-state index in [4.69, 9.17) is 4.42 Å². The first kappa shape index (κ1) is 13.6. The third-order valence-corrected chi connectivity index (χ3v) is 5.13. The first-order valence-corrected chi connectivity index (χ1v) is 8.32. The molecule has 2 aliphatic rings. The van der Waals surface area contributed by atoms with Crippen LogP contribution in [0.5, 0.6) is 11.5 Å². The van der Waals surface area contributed by atoms with Crippen LogP contribution in [0.15, 0.2) is 46.9 Å². The maximum absolute atomic E-state index is 9.73. The number of hydrogen-bond acceptors (Lipinski definition) is 2. The second kappa shape index (κ2) is 4.84. The Kier molecular flexibility index (Phi) is 2.75. The number of phenolic OH excluding ortho intramolecular Hbond substituents is 2. The zero-order chi connectivity index (χ0) is 16.3. The van der Waals surface area contributed by atoms with Crippen molar-refractivity contribution in [2.75, 3.05) is 0 Å². The summed E-state index contributed by atoms with van der Waals surface area (Å²) in [6.45, 7) is 0. The third kappa shape index (κ3) is 1.94. The van der Waals surface area contributed by atoms with Crippen molar-refractivity contribution in [1.29, 1.82) is 0 Å². The monoisotopic (exact) mass is 317 g/mol. The minimum absolute atomic E-state index is 0.302. The summed E-state index contributed by atoms with van der Waals surface area (Å²) >= 11 is 0. The van der Waals surface area contributed by atoms with Gasteiger partial charge in [0.05, 0.1) is 22.3 Å². The summed E-state index contributed by atoms with van der Waals surface area (Å²) in [6.07, 6.45) is 3.72. The fourth-order valence-electron chi connectivity index (χ4n) is 3.96. The van der Waals surface area contributed by atoms with Gasteiger partial charge in [0.25, 0.3) is 0 Å². The van der Waals surface area contributed by atoms with Crippen LogP contribution in [0.4, 0.5) is 0 Å². The third-order valence-electron chi connectivity index (χ3n) is 5.13. The highest BCUT2D eigenvalue weighted by Gasteiger charge is 2.34. The van der Waals surface area contributed by atoms with Crippen molar-refractivity contribution in [3.05, 3.63) is 64.7 Å². The van der Waals surface area contributed by atoms with Crippen LogP contribution in [0, 0.1) is 0 Å². The van der Waals surface area contributed by atoms with Gasteiger partial charge in [0, 0.05) is 0 Å². The van der Waals surface area contributed by atoms with E-state index in [1.807, 2.05) is 24.3 Å². The summed E-state index contributed by atoms with van der Waals surface area (Å²) in [7, 11) is 0. The Morgan fingerprint density at radius 3 is 1.54 bits per heavy atom. The molecule has 3 aromatic rings. The van der Waals surface area contributed by atoms with E-state index in [9.17, 15) is 10.2 Å². The van der Waals surface area contributed by atoms with E-state index in [-0.39, 0.29) is 0 Å². The molecular weight excluding hydrogens is 300 g/mol. The van der Waals surface area contributed by atoms with E-state index in [1.54, 1.807) is 12.1 Å². The normalized spacial score (nSPS) is 14.3. The van der Waals surface area contributed by atoms with E-state index in [0.29, 0.717) is 11.5 Å². The highest BCUT2D eigenvalue weighted by Crippen LogP contribution is 2.42. The molecule has 24 heavy (non-hydrogen) atoms. The fourth-order valence-corrected chi connectivity index (χ4v) is 3.96. The number of aromatic hydroxyl groups is 2. The number of benzene rings is 2. The molecule has 1 aromatic heterocycles. The van der Waals surface area contributed by atoms with E-state index < -0.39 is 0 Å². The van der Waals surface area contributed by atoms with Crippen LogP contribution >= 0.6 is 0 Å². The smallest absolute Gasteiger partial charge is 0.364 e. The second-order valence-corrected chi connectivity index (χ2v) is 6.64. The molecule has 3 nitrogen and oxygen atoms in total. The Morgan fingerprint density at radius 1 is 0.583 bits per heavy atom. The molecule has 1 heterocycles. The summed E-state index contributed by atoms with van der Waals surface area (Å²) in [6, 6.07) is 13.3. The number of phenols is 2. The van der Waals surface area contributed by atoms with Crippen molar-refractivity contribution in [2.45, 2.75) is 25.7 Å². The van der Waals surface area contributed by atoms with Crippen molar-refractivity contribution < 1.29 is 14.6 Å². The zero-order valence-corrected chi connectivity index (χ0v) is 13.2. The average Bonchev–Trinajstić information content (AvgIpc) is 2.59. The number of aryl methyl sites for hydroxylation is 4. The Hall–Kier alpha value is -2.81. The van der Waals surface area contributed by atoms with Gasteiger partial charge in [-0.2, -0.15) is 0 Å². The summed E-state index contributed by atoms with van der Waals surface area (Å²) in [5.74, 6) is 2.43. The van der Waals surface area contributed by atoms with Gasteiger partial charge in [-0.25, -0.2) is 4.42 Å². The molecule has 0 aliphatic heterocycles. The molecule has 0 unspecified atom stereocenters. The molecule has 2 aromatic carbocycles. The molecule has 2 N–H and O–H groups in total. The first-order valence-electron chi connectivity index (χ1n) is 8.32. The van der Waals surface area contributed by atoms with Crippen LogP contribution in [-0.4, -0.2) is 10.2 Å². The summed E-state index contributed by atoms with van der Waals surface area (Å²) in [4.78, 5) is 0. The highest BCUT2D eigenvalue weighted by atomic mass is 16.3. The molecule has 0 radical (unpaired) electrons. The minimum Gasteiger partial charge on any atom is -0.508 e. The topological polar surface area (TPSA) is 51.8 Å². The van der Waals surface area contributed by atoms with Gasteiger partial charge in [0.1, 0.15) is 11.5 Å². The Bertz CT molecular complexity index is 912. The molecule has 2 aliphatic carbocycles. The lowest BCUT2D eigenvalue weighted by molar-refractivity contribution is 0.474. The van der Waals surface area contributed by atoms with Crippen LogP contribution in [0.1, 0.15) is 22.3 Å². The SMILES string of the molecule is Oc1ccc2c(c1)CCc1cc3c([o+]c1-2)-c1ccc(O)cc1CC3. The van der Waals surface area contributed by atoms with Gasteiger partial charge in [-0.05, 0) is 79.3 Å². The van der Waals surface area contributed by atoms with Gasteiger partial charge < -0.3 is 10.2 Å². The number of rotatable bonds is 0. The summed E-state index contributed by atoms with van der Waals surface area (Å²) < 4.78 is 6.39. The largest absolute Gasteiger partial charge is 0.508 e. The lowest BCUT2D eigenvalue weighted by Crippen LogP contribution is -2.09. The lowest BCUT2D eigenvalue weighted by atomic mass is 9.85. The van der Waals surface area contributed by atoms with E-state index >= 15 is 0 Å². The van der Waals surface area contributed by atoms with Gasteiger partial charge >= 0.3 is 11.5 Å². The molecule has 0 atom stereocenters. The Labute approximate surface area is 139 Å². The van der Waals surface area contributed by atoms with Crippen molar-refractivity contribution in [3.8, 4) is 34.1 Å². The summed E-state index contributed by atoms with van der Waals surface area (Å²) in [5.41, 5.74) is 6.90. The minimum atomic E-state index is 0.302. The highest BCUT2D eigenvalue weighted by molar-refractivity contribution is 5.75. The van der Waals surface area contributed by atoms with E-state index in [2.05, 4.69) is 6.07 Å². The molecule has 0 bridgehead atoms. The second-order valence-electron chi connectivity index (χ2n) is 6.64. The first-order chi connectivity index (χ1) is 11.7. The Balaban J connectivity index is 1.74.